The Kier molecular flexibility index (Phi) is 5.82. The Morgan fingerprint density at radius 1 is 1.15 bits per heavy atom. The highest BCUT2D eigenvalue weighted by Gasteiger charge is 2.36. The average molecular weight is 471 g/mol. The van der Waals surface area contributed by atoms with E-state index in [1.807, 2.05) is 6.07 Å². The molecule has 0 spiro atoms. The normalized spacial score (nSPS) is 16.4. The first kappa shape index (κ1) is 22.4. The van der Waals surface area contributed by atoms with E-state index in [1.165, 1.54) is 25.3 Å². The number of carbonyl (C=O) groups excluding carboxylic acids is 1. The maximum atomic E-state index is 13.1. The number of alkyl halides is 3. The first-order chi connectivity index (χ1) is 15.7. The zero-order valence-corrected chi connectivity index (χ0v) is 17.9. The number of hydrogen-bond donors (Lipinski definition) is 2. The number of ether oxygens (including phenoxy) is 1. The van der Waals surface area contributed by atoms with Gasteiger partial charge in [-0.25, -0.2) is 0 Å². The Bertz CT molecular complexity index is 1280. The van der Waals surface area contributed by atoms with Crippen LogP contribution in [0.25, 0.3) is 11.3 Å². The van der Waals surface area contributed by atoms with Crippen LogP contribution in [-0.2, 0) is 11.0 Å². The van der Waals surface area contributed by atoms with E-state index in [4.69, 9.17) is 9.15 Å². The molecule has 0 saturated carbocycles. The number of hydrogen-bond acceptors (Lipinski definition) is 6. The number of nitriles is 1. The summed E-state index contributed by atoms with van der Waals surface area (Å²) in [7, 11) is 1.52. The number of nitrogens with zero attached hydrogens (tertiary/aromatic N) is 2. The molecule has 1 aromatic heterocycles. The van der Waals surface area contributed by atoms with Crippen molar-refractivity contribution in [3.63, 3.8) is 0 Å². The molecule has 10 heteroatoms. The molecule has 1 aliphatic rings. The number of furan rings is 1. The molecular weight excluding hydrogens is 455 g/mol. The number of benzene rings is 2. The van der Waals surface area contributed by atoms with Crippen molar-refractivity contribution in [2.45, 2.75) is 12.3 Å². The third-order valence-corrected chi connectivity index (χ3v) is 5.48. The summed E-state index contributed by atoms with van der Waals surface area (Å²) >= 11 is 4.41. The van der Waals surface area contributed by atoms with E-state index in [2.05, 4.69) is 17.9 Å². The second-order valence-corrected chi connectivity index (χ2v) is 7.46. The van der Waals surface area contributed by atoms with Crippen LogP contribution in [0.3, 0.4) is 0 Å². The zero-order valence-electron chi connectivity index (χ0n) is 17.1. The summed E-state index contributed by atoms with van der Waals surface area (Å²) in [5.41, 5.74) is -0.179. The SMILES string of the molecule is COc1ccc(N2C(S)=C(C#N)C(=O)N[C@H]2c2ccc(-c3cccc(C(F)(F)F)c3)o2)cc1. The lowest BCUT2D eigenvalue weighted by atomic mass is 10.1. The van der Waals surface area contributed by atoms with Gasteiger partial charge in [0.1, 0.15) is 28.9 Å². The van der Waals surface area contributed by atoms with E-state index in [9.17, 15) is 23.2 Å². The van der Waals surface area contributed by atoms with Crippen LogP contribution in [-0.4, -0.2) is 13.0 Å². The first-order valence-electron chi connectivity index (χ1n) is 9.58. The number of rotatable bonds is 4. The van der Waals surface area contributed by atoms with Crippen molar-refractivity contribution in [3.05, 3.63) is 82.6 Å². The third-order valence-electron chi connectivity index (χ3n) is 5.04. The fourth-order valence-corrected chi connectivity index (χ4v) is 3.80. The molecule has 6 nitrogen and oxygen atoms in total. The minimum Gasteiger partial charge on any atom is -0.497 e. The molecule has 33 heavy (non-hydrogen) atoms. The quantitative estimate of drug-likeness (QED) is 0.507. The number of nitrogens with one attached hydrogen (secondary N) is 1. The van der Waals surface area contributed by atoms with Gasteiger partial charge in [-0.2, -0.15) is 18.4 Å². The van der Waals surface area contributed by atoms with Gasteiger partial charge in [0.25, 0.3) is 5.91 Å². The second-order valence-electron chi connectivity index (χ2n) is 7.04. The smallest absolute Gasteiger partial charge is 0.416 e. The van der Waals surface area contributed by atoms with Gasteiger partial charge in [0.05, 0.1) is 17.7 Å². The molecule has 0 radical (unpaired) electrons. The van der Waals surface area contributed by atoms with E-state index >= 15 is 0 Å². The van der Waals surface area contributed by atoms with Crippen molar-refractivity contribution < 1.29 is 27.1 Å². The number of amides is 1. The third kappa shape index (κ3) is 4.27. The fraction of sp³-hybridized carbons (Fsp3) is 0.130. The number of halogens is 3. The van der Waals surface area contributed by atoms with Gasteiger partial charge in [-0.15, -0.1) is 12.6 Å². The van der Waals surface area contributed by atoms with Gasteiger partial charge in [0.15, 0.2) is 6.17 Å². The van der Waals surface area contributed by atoms with Crippen LogP contribution in [0.2, 0.25) is 0 Å². The van der Waals surface area contributed by atoms with Crippen molar-refractivity contribution in [1.82, 2.24) is 5.32 Å². The Hall–Kier alpha value is -3.84. The maximum absolute atomic E-state index is 13.1. The molecule has 2 aromatic carbocycles. The zero-order chi connectivity index (χ0) is 23.8. The van der Waals surface area contributed by atoms with Gasteiger partial charge in [0.2, 0.25) is 0 Å². The minimum absolute atomic E-state index is 0.105. The largest absolute Gasteiger partial charge is 0.497 e. The van der Waals surface area contributed by atoms with E-state index in [0.717, 1.165) is 12.1 Å². The average Bonchev–Trinajstić information content (AvgIpc) is 3.29. The van der Waals surface area contributed by atoms with Gasteiger partial charge >= 0.3 is 6.18 Å². The molecule has 1 atom stereocenters. The molecule has 2 heterocycles. The van der Waals surface area contributed by atoms with Gasteiger partial charge in [-0.3, -0.25) is 4.79 Å². The summed E-state index contributed by atoms with van der Waals surface area (Å²) in [4.78, 5) is 14.1. The van der Waals surface area contributed by atoms with Crippen molar-refractivity contribution in [2.75, 3.05) is 12.0 Å². The molecule has 1 aliphatic heterocycles. The highest BCUT2D eigenvalue weighted by Crippen LogP contribution is 2.38. The summed E-state index contributed by atoms with van der Waals surface area (Å²) in [6.45, 7) is 0. The topological polar surface area (TPSA) is 78.5 Å². The van der Waals surface area contributed by atoms with Crippen LogP contribution in [0.15, 0.2) is 75.7 Å². The highest BCUT2D eigenvalue weighted by molar-refractivity contribution is 7.84. The second kappa shape index (κ2) is 8.60. The minimum atomic E-state index is -4.49. The summed E-state index contributed by atoms with van der Waals surface area (Å²) in [5, 5.41) is 12.2. The van der Waals surface area contributed by atoms with Crippen LogP contribution in [0.5, 0.6) is 5.75 Å². The van der Waals surface area contributed by atoms with Crippen molar-refractivity contribution in [3.8, 4) is 23.1 Å². The molecule has 0 unspecified atom stereocenters. The molecule has 1 N–H and O–H groups in total. The summed E-state index contributed by atoms with van der Waals surface area (Å²) in [6, 6.07) is 16.5. The standard InChI is InChI=1S/C23H16F3N3O3S/c1-31-16-7-5-15(6-8-16)29-20(28-21(30)17(12-27)22(29)33)19-10-9-18(32-19)13-3-2-4-14(11-13)23(24,25)26/h2-11,20,33H,1H3,(H,28,30)/t20-/m1/s1. The van der Waals surface area contributed by atoms with Crippen LogP contribution in [0.4, 0.5) is 18.9 Å². The molecule has 0 bridgehead atoms. The summed E-state index contributed by atoms with van der Waals surface area (Å²) in [6.07, 6.45) is -5.39. The molecule has 0 fully saturated rings. The van der Waals surface area contributed by atoms with Gasteiger partial charge in [-0.1, -0.05) is 12.1 Å². The predicted molar refractivity (Wildman–Crippen MR) is 117 cm³/mol. The first-order valence-corrected chi connectivity index (χ1v) is 10.0. The monoisotopic (exact) mass is 471 g/mol. The van der Waals surface area contributed by atoms with Gasteiger partial charge in [0, 0.05) is 11.3 Å². The summed E-state index contributed by atoms with van der Waals surface area (Å²) in [5.74, 6) is 0.395. The Labute approximate surface area is 192 Å². The van der Waals surface area contributed by atoms with Gasteiger partial charge in [-0.05, 0) is 48.5 Å². The van der Waals surface area contributed by atoms with Crippen molar-refractivity contribution in [1.29, 1.82) is 5.26 Å². The molecule has 3 aromatic rings. The Morgan fingerprint density at radius 2 is 1.88 bits per heavy atom. The number of anilines is 1. The number of methoxy groups -OCH3 is 1. The maximum Gasteiger partial charge on any atom is 0.416 e. The Balaban J connectivity index is 1.76. The molecule has 1 amide bonds. The molecule has 0 saturated heterocycles. The lowest BCUT2D eigenvalue weighted by molar-refractivity contribution is -0.137. The molecule has 168 valence electrons. The van der Waals surface area contributed by atoms with Crippen LogP contribution in [0, 0.1) is 11.3 Å². The lowest BCUT2D eigenvalue weighted by Crippen LogP contribution is -2.45. The van der Waals surface area contributed by atoms with Crippen molar-refractivity contribution in [2.24, 2.45) is 0 Å². The molecule has 4 rings (SSSR count). The van der Waals surface area contributed by atoms with E-state index in [0.29, 0.717) is 11.4 Å². The van der Waals surface area contributed by atoms with Crippen LogP contribution < -0.4 is 15.0 Å². The highest BCUT2D eigenvalue weighted by atomic mass is 32.1. The number of thiol groups is 1. The van der Waals surface area contributed by atoms with E-state index in [-0.39, 0.29) is 27.7 Å². The van der Waals surface area contributed by atoms with Crippen molar-refractivity contribution >= 4 is 24.2 Å². The molecular formula is C23H16F3N3O3S. The molecule has 0 aliphatic carbocycles. The number of carbonyl (C=O) groups is 1. The van der Waals surface area contributed by atoms with E-state index in [1.54, 1.807) is 35.2 Å². The lowest BCUT2D eigenvalue weighted by Gasteiger charge is -2.36. The van der Waals surface area contributed by atoms with Crippen LogP contribution >= 0.6 is 12.6 Å². The fourth-order valence-electron chi connectivity index (χ4n) is 3.42. The predicted octanol–water partition coefficient (Wildman–Crippen LogP) is 5.27. The summed E-state index contributed by atoms with van der Waals surface area (Å²) < 4.78 is 50.3. The van der Waals surface area contributed by atoms with E-state index < -0.39 is 23.8 Å². The Morgan fingerprint density at radius 3 is 2.52 bits per heavy atom. The van der Waals surface area contributed by atoms with Gasteiger partial charge < -0.3 is 19.4 Å². The van der Waals surface area contributed by atoms with Crippen LogP contribution in [0.1, 0.15) is 17.5 Å².